The summed E-state index contributed by atoms with van der Waals surface area (Å²) in [4.78, 5) is 21.5. The first-order chi connectivity index (χ1) is 8.06. The largest absolute Gasteiger partial charge is 0.481 e. The van der Waals surface area contributed by atoms with Crippen molar-refractivity contribution in [1.82, 2.24) is 0 Å². The lowest BCUT2D eigenvalue weighted by Gasteiger charge is -2.13. The standard InChI is InChI=1S/C12H22O5/c1-3-4-9-16-10(2)17-12(15)8-6-5-7-11(13)14/h10H,3-9H2,1-2H3,(H,13,14). The monoisotopic (exact) mass is 246 g/mol. The summed E-state index contributed by atoms with van der Waals surface area (Å²) in [7, 11) is 0. The topological polar surface area (TPSA) is 72.8 Å². The number of carbonyl (C=O) groups is 2. The Kier molecular flexibility index (Phi) is 9.43. The molecule has 1 atom stereocenters. The van der Waals surface area contributed by atoms with Crippen molar-refractivity contribution in [1.29, 1.82) is 0 Å². The number of aliphatic carboxylic acids is 1. The molecule has 0 radical (unpaired) electrons. The molecule has 0 aliphatic rings. The molecule has 0 amide bonds. The molecule has 5 nitrogen and oxygen atoms in total. The first kappa shape index (κ1) is 15.9. The van der Waals surface area contributed by atoms with Gasteiger partial charge in [0, 0.05) is 12.8 Å². The predicted molar refractivity (Wildman–Crippen MR) is 62.5 cm³/mol. The summed E-state index contributed by atoms with van der Waals surface area (Å²) in [5.41, 5.74) is 0. The third-order valence-electron chi connectivity index (χ3n) is 2.17. The van der Waals surface area contributed by atoms with Crippen molar-refractivity contribution in [2.75, 3.05) is 6.61 Å². The van der Waals surface area contributed by atoms with Crippen LogP contribution in [0.5, 0.6) is 0 Å². The van der Waals surface area contributed by atoms with Crippen LogP contribution in [-0.2, 0) is 19.1 Å². The maximum atomic E-state index is 11.3. The van der Waals surface area contributed by atoms with Crippen molar-refractivity contribution in [3.63, 3.8) is 0 Å². The van der Waals surface area contributed by atoms with E-state index in [1.165, 1.54) is 0 Å². The van der Waals surface area contributed by atoms with Crippen LogP contribution >= 0.6 is 0 Å². The Labute approximate surface area is 102 Å². The smallest absolute Gasteiger partial charge is 0.308 e. The summed E-state index contributed by atoms with van der Waals surface area (Å²) in [5, 5.41) is 8.41. The molecule has 0 aliphatic heterocycles. The Morgan fingerprint density at radius 3 is 2.41 bits per heavy atom. The fraction of sp³-hybridized carbons (Fsp3) is 0.833. The number of rotatable bonds is 10. The number of carbonyl (C=O) groups excluding carboxylic acids is 1. The number of carboxylic acids is 1. The fourth-order valence-corrected chi connectivity index (χ4v) is 1.22. The molecular formula is C12H22O5. The van der Waals surface area contributed by atoms with Gasteiger partial charge in [0.25, 0.3) is 0 Å². The van der Waals surface area contributed by atoms with E-state index in [1.807, 2.05) is 0 Å². The highest BCUT2D eigenvalue weighted by Crippen LogP contribution is 2.04. The Hall–Kier alpha value is -1.10. The van der Waals surface area contributed by atoms with Crippen LogP contribution in [0.2, 0.25) is 0 Å². The molecular weight excluding hydrogens is 224 g/mol. The molecule has 1 N–H and O–H groups in total. The summed E-state index contributed by atoms with van der Waals surface area (Å²) >= 11 is 0. The van der Waals surface area contributed by atoms with Crippen LogP contribution in [0.1, 0.15) is 52.4 Å². The summed E-state index contributed by atoms with van der Waals surface area (Å²) in [6, 6.07) is 0. The van der Waals surface area contributed by atoms with E-state index in [0.717, 1.165) is 12.8 Å². The lowest BCUT2D eigenvalue weighted by Crippen LogP contribution is -2.18. The second-order valence-corrected chi connectivity index (χ2v) is 3.88. The second-order valence-electron chi connectivity index (χ2n) is 3.88. The SMILES string of the molecule is CCCCOC(C)OC(=O)CCCCC(=O)O. The van der Waals surface area contributed by atoms with E-state index in [2.05, 4.69) is 6.92 Å². The van der Waals surface area contributed by atoms with Crippen LogP contribution in [-0.4, -0.2) is 29.9 Å². The van der Waals surface area contributed by atoms with Crippen LogP contribution in [0.25, 0.3) is 0 Å². The van der Waals surface area contributed by atoms with E-state index < -0.39 is 12.3 Å². The second kappa shape index (κ2) is 10.1. The molecule has 0 heterocycles. The van der Waals surface area contributed by atoms with E-state index in [9.17, 15) is 9.59 Å². The van der Waals surface area contributed by atoms with E-state index in [1.54, 1.807) is 6.92 Å². The quantitative estimate of drug-likeness (QED) is 0.364. The van der Waals surface area contributed by atoms with Gasteiger partial charge in [-0.05, 0) is 26.2 Å². The van der Waals surface area contributed by atoms with E-state index in [0.29, 0.717) is 19.4 Å². The normalized spacial score (nSPS) is 12.1. The van der Waals surface area contributed by atoms with Crippen molar-refractivity contribution < 1.29 is 24.2 Å². The Bertz CT molecular complexity index is 227. The molecule has 0 aliphatic carbocycles. The number of esters is 1. The average molecular weight is 246 g/mol. The van der Waals surface area contributed by atoms with Crippen LogP contribution in [0.3, 0.4) is 0 Å². The van der Waals surface area contributed by atoms with E-state index in [4.69, 9.17) is 14.6 Å². The molecule has 0 aromatic heterocycles. The van der Waals surface area contributed by atoms with Crippen molar-refractivity contribution >= 4 is 11.9 Å². The molecule has 0 bridgehead atoms. The van der Waals surface area contributed by atoms with Gasteiger partial charge >= 0.3 is 11.9 Å². The minimum atomic E-state index is -0.838. The van der Waals surface area contributed by atoms with Gasteiger partial charge < -0.3 is 14.6 Å². The summed E-state index contributed by atoms with van der Waals surface area (Å²) in [6.45, 7) is 4.33. The lowest BCUT2D eigenvalue weighted by molar-refractivity contribution is -0.175. The number of hydrogen-bond donors (Lipinski definition) is 1. The van der Waals surface area contributed by atoms with E-state index >= 15 is 0 Å². The number of hydrogen-bond acceptors (Lipinski definition) is 4. The van der Waals surface area contributed by atoms with Crippen LogP contribution in [0.4, 0.5) is 0 Å². The van der Waals surface area contributed by atoms with Gasteiger partial charge in [-0.15, -0.1) is 0 Å². The number of carboxylic acid groups (broad SMARTS) is 1. The van der Waals surface area contributed by atoms with Crippen molar-refractivity contribution in [2.24, 2.45) is 0 Å². The highest BCUT2D eigenvalue weighted by molar-refractivity contribution is 5.69. The summed E-state index contributed by atoms with van der Waals surface area (Å²) in [5.74, 6) is -1.17. The first-order valence-electron chi connectivity index (χ1n) is 6.09. The summed E-state index contributed by atoms with van der Waals surface area (Å²) < 4.78 is 10.3. The van der Waals surface area contributed by atoms with Gasteiger partial charge in [0.05, 0.1) is 6.61 Å². The fourth-order valence-electron chi connectivity index (χ4n) is 1.22. The third-order valence-corrected chi connectivity index (χ3v) is 2.17. The molecule has 0 fully saturated rings. The molecule has 0 aromatic rings. The van der Waals surface area contributed by atoms with Crippen LogP contribution in [0.15, 0.2) is 0 Å². The molecule has 0 saturated carbocycles. The number of unbranched alkanes of at least 4 members (excludes halogenated alkanes) is 2. The maximum absolute atomic E-state index is 11.3. The van der Waals surface area contributed by atoms with Gasteiger partial charge in [-0.1, -0.05) is 13.3 Å². The zero-order valence-corrected chi connectivity index (χ0v) is 10.6. The van der Waals surface area contributed by atoms with Crippen molar-refractivity contribution in [2.45, 2.75) is 58.7 Å². The van der Waals surface area contributed by atoms with Crippen LogP contribution < -0.4 is 0 Å². The summed E-state index contributed by atoms with van der Waals surface area (Å²) in [6.07, 6.45) is 2.83. The van der Waals surface area contributed by atoms with Crippen molar-refractivity contribution in [3.05, 3.63) is 0 Å². The number of ether oxygens (including phenoxy) is 2. The predicted octanol–water partition coefficient (Wildman–Crippen LogP) is 2.34. The third kappa shape index (κ3) is 11.2. The van der Waals surface area contributed by atoms with Crippen LogP contribution in [0, 0.1) is 0 Å². The molecule has 5 heteroatoms. The van der Waals surface area contributed by atoms with Crippen molar-refractivity contribution in [3.8, 4) is 0 Å². The highest BCUT2D eigenvalue weighted by Gasteiger charge is 2.09. The average Bonchev–Trinajstić information content (AvgIpc) is 2.24. The molecule has 0 aromatic carbocycles. The van der Waals surface area contributed by atoms with Gasteiger partial charge in [0.1, 0.15) is 0 Å². The van der Waals surface area contributed by atoms with Gasteiger partial charge in [0.2, 0.25) is 0 Å². The van der Waals surface area contributed by atoms with Gasteiger partial charge in [0.15, 0.2) is 6.29 Å². The van der Waals surface area contributed by atoms with Gasteiger partial charge in [-0.2, -0.15) is 0 Å². The first-order valence-corrected chi connectivity index (χ1v) is 6.09. The molecule has 100 valence electrons. The highest BCUT2D eigenvalue weighted by atomic mass is 16.7. The molecule has 1 unspecified atom stereocenters. The maximum Gasteiger partial charge on any atom is 0.308 e. The molecule has 0 rings (SSSR count). The zero-order valence-electron chi connectivity index (χ0n) is 10.6. The Balaban J connectivity index is 3.47. The Morgan fingerprint density at radius 2 is 1.82 bits per heavy atom. The van der Waals surface area contributed by atoms with Gasteiger partial charge in [-0.25, -0.2) is 0 Å². The molecule has 0 saturated heterocycles. The molecule has 17 heavy (non-hydrogen) atoms. The van der Waals surface area contributed by atoms with Gasteiger partial charge in [-0.3, -0.25) is 9.59 Å². The minimum Gasteiger partial charge on any atom is -0.481 e. The van der Waals surface area contributed by atoms with E-state index in [-0.39, 0.29) is 18.8 Å². The Morgan fingerprint density at radius 1 is 1.18 bits per heavy atom. The molecule has 0 spiro atoms. The minimum absolute atomic E-state index is 0.0931. The zero-order chi connectivity index (χ0) is 13.1. The lowest BCUT2D eigenvalue weighted by atomic mass is 10.2.